The molecule has 0 radical (unpaired) electrons. The Bertz CT molecular complexity index is 856. The first kappa shape index (κ1) is 23.8. The highest BCUT2D eigenvalue weighted by Gasteiger charge is 2.11. The number of phenols is 1. The molecule has 2 aromatic carbocycles. The van der Waals surface area contributed by atoms with Crippen molar-refractivity contribution in [2.24, 2.45) is 4.99 Å². The number of nitrogens with zero attached hydrogens (tertiary/aromatic N) is 1. The SMILES string of the molecule is CCNC(=NCCc1ccc2c(c1)CCO2)NCCNC(=O)c1ccc(O)cc1.I. The Labute approximate surface area is 194 Å². The lowest BCUT2D eigenvalue weighted by Gasteiger charge is -2.12. The van der Waals surface area contributed by atoms with E-state index in [1.165, 1.54) is 23.3 Å². The van der Waals surface area contributed by atoms with E-state index in [4.69, 9.17) is 4.74 Å². The van der Waals surface area contributed by atoms with Crippen LogP contribution in [0.1, 0.15) is 28.4 Å². The summed E-state index contributed by atoms with van der Waals surface area (Å²) in [6, 6.07) is 12.5. The van der Waals surface area contributed by atoms with Crippen LogP contribution in [0.5, 0.6) is 11.5 Å². The van der Waals surface area contributed by atoms with Crippen molar-refractivity contribution < 1.29 is 14.6 Å². The van der Waals surface area contributed by atoms with Crippen molar-refractivity contribution in [2.75, 3.05) is 32.8 Å². The third-order valence-electron chi connectivity index (χ3n) is 4.60. The first-order valence-corrected chi connectivity index (χ1v) is 9.99. The molecule has 3 rings (SSSR count). The van der Waals surface area contributed by atoms with E-state index in [1.54, 1.807) is 12.1 Å². The normalized spacial score (nSPS) is 12.4. The Morgan fingerprint density at radius 2 is 1.87 bits per heavy atom. The summed E-state index contributed by atoms with van der Waals surface area (Å²) in [6.45, 7) is 5.26. The first-order valence-electron chi connectivity index (χ1n) is 9.99. The largest absolute Gasteiger partial charge is 0.508 e. The minimum atomic E-state index is -0.172. The van der Waals surface area contributed by atoms with Crippen molar-refractivity contribution in [1.82, 2.24) is 16.0 Å². The molecule has 7 nitrogen and oxygen atoms in total. The molecule has 1 heterocycles. The van der Waals surface area contributed by atoms with Gasteiger partial charge in [-0.3, -0.25) is 9.79 Å². The zero-order valence-electron chi connectivity index (χ0n) is 17.1. The van der Waals surface area contributed by atoms with Crippen LogP contribution in [0, 0.1) is 0 Å². The molecule has 0 saturated carbocycles. The second kappa shape index (κ2) is 12.3. The summed E-state index contributed by atoms with van der Waals surface area (Å²) >= 11 is 0. The lowest BCUT2D eigenvalue weighted by atomic mass is 10.1. The van der Waals surface area contributed by atoms with Crippen LogP contribution in [-0.2, 0) is 12.8 Å². The van der Waals surface area contributed by atoms with E-state index in [0.29, 0.717) is 25.2 Å². The summed E-state index contributed by atoms with van der Waals surface area (Å²) < 4.78 is 5.54. The van der Waals surface area contributed by atoms with Gasteiger partial charge in [0, 0.05) is 38.2 Å². The molecular formula is C22H29IN4O3. The van der Waals surface area contributed by atoms with E-state index < -0.39 is 0 Å². The number of ether oxygens (including phenoxy) is 1. The number of benzene rings is 2. The number of amides is 1. The molecule has 0 bridgehead atoms. The average molecular weight is 524 g/mol. The van der Waals surface area contributed by atoms with Crippen molar-refractivity contribution in [3.05, 3.63) is 59.2 Å². The molecular weight excluding hydrogens is 495 g/mol. The van der Waals surface area contributed by atoms with Crippen LogP contribution in [-0.4, -0.2) is 49.8 Å². The molecule has 0 spiro atoms. The molecule has 8 heteroatoms. The Balaban J connectivity index is 0.00000320. The van der Waals surface area contributed by atoms with Gasteiger partial charge in [0.05, 0.1) is 6.61 Å². The Kier molecular flexibility index (Phi) is 9.72. The molecule has 30 heavy (non-hydrogen) atoms. The summed E-state index contributed by atoms with van der Waals surface area (Å²) in [6.07, 6.45) is 1.84. The van der Waals surface area contributed by atoms with Crippen LogP contribution in [0.2, 0.25) is 0 Å². The van der Waals surface area contributed by atoms with Gasteiger partial charge in [0.1, 0.15) is 11.5 Å². The molecule has 1 amide bonds. The van der Waals surface area contributed by atoms with Gasteiger partial charge in [-0.15, -0.1) is 24.0 Å². The predicted octanol–water partition coefficient (Wildman–Crippen LogP) is 2.47. The minimum Gasteiger partial charge on any atom is -0.508 e. The molecule has 162 valence electrons. The average Bonchev–Trinajstić information content (AvgIpc) is 3.19. The molecule has 0 unspecified atom stereocenters. The molecule has 1 aliphatic rings. The predicted molar refractivity (Wildman–Crippen MR) is 129 cm³/mol. The van der Waals surface area contributed by atoms with Gasteiger partial charge in [-0.2, -0.15) is 0 Å². The van der Waals surface area contributed by atoms with Gasteiger partial charge in [0.25, 0.3) is 5.91 Å². The summed E-state index contributed by atoms with van der Waals surface area (Å²) in [7, 11) is 0. The van der Waals surface area contributed by atoms with Crippen LogP contribution in [0.4, 0.5) is 0 Å². The van der Waals surface area contributed by atoms with Crippen molar-refractivity contribution >= 4 is 35.8 Å². The van der Waals surface area contributed by atoms with Crippen LogP contribution >= 0.6 is 24.0 Å². The number of halogens is 1. The van der Waals surface area contributed by atoms with Crippen LogP contribution in [0.25, 0.3) is 0 Å². The fraction of sp³-hybridized carbons (Fsp3) is 0.364. The summed E-state index contributed by atoms with van der Waals surface area (Å²) in [5.74, 6) is 1.70. The number of rotatable bonds is 8. The molecule has 0 fully saturated rings. The second-order valence-electron chi connectivity index (χ2n) is 6.78. The minimum absolute atomic E-state index is 0. The molecule has 0 atom stereocenters. The van der Waals surface area contributed by atoms with E-state index >= 15 is 0 Å². The fourth-order valence-corrected chi connectivity index (χ4v) is 3.11. The zero-order chi connectivity index (χ0) is 20.5. The van der Waals surface area contributed by atoms with Crippen LogP contribution in [0.15, 0.2) is 47.5 Å². The maximum atomic E-state index is 12.1. The second-order valence-corrected chi connectivity index (χ2v) is 6.78. The third-order valence-corrected chi connectivity index (χ3v) is 4.60. The number of fused-ring (bicyclic) bond motifs is 1. The quantitative estimate of drug-likeness (QED) is 0.184. The molecule has 2 aromatic rings. The molecule has 1 aliphatic heterocycles. The van der Waals surface area contributed by atoms with Gasteiger partial charge in [-0.05, 0) is 54.8 Å². The van der Waals surface area contributed by atoms with Crippen LogP contribution in [0.3, 0.4) is 0 Å². The van der Waals surface area contributed by atoms with E-state index in [9.17, 15) is 9.90 Å². The maximum absolute atomic E-state index is 12.1. The molecule has 0 aliphatic carbocycles. The Hall–Kier alpha value is -2.49. The Morgan fingerprint density at radius 3 is 2.63 bits per heavy atom. The standard InChI is InChI=1S/C22H28N4O3.HI/c1-2-23-22(25-11-9-16-3-8-20-18(15-16)10-14-29-20)26-13-12-24-21(28)17-4-6-19(27)7-5-17;/h3-8,15,27H,2,9-14H2,1H3,(H,24,28)(H2,23,25,26);1H. The van der Waals surface area contributed by atoms with Gasteiger partial charge in [0.2, 0.25) is 0 Å². The van der Waals surface area contributed by atoms with E-state index in [-0.39, 0.29) is 35.6 Å². The van der Waals surface area contributed by atoms with Gasteiger partial charge in [-0.1, -0.05) is 12.1 Å². The van der Waals surface area contributed by atoms with Crippen molar-refractivity contribution in [1.29, 1.82) is 0 Å². The maximum Gasteiger partial charge on any atom is 0.251 e. The number of hydrogen-bond acceptors (Lipinski definition) is 4. The highest BCUT2D eigenvalue weighted by molar-refractivity contribution is 14.0. The van der Waals surface area contributed by atoms with E-state index in [1.807, 2.05) is 13.0 Å². The number of nitrogens with one attached hydrogen (secondary N) is 3. The summed E-state index contributed by atoms with van der Waals surface area (Å²) in [5.41, 5.74) is 3.05. The first-order chi connectivity index (χ1) is 14.2. The Morgan fingerprint density at radius 1 is 1.10 bits per heavy atom. The van der Waals surface area contributed by atoms with Gasteiger partial charge < -0.3 is 25.8 Å². The van der Waals surface area contributed by atoms with Gasteiger partial charge in [0.15, 0.2) is 5.96 Å². The smallest absolute Gasteiger partial charge is 0.251 e. The van der Waals surface area contributed by atoms with Crippen molar-refractivity contribution in [3.8, 4) is 11.5 Å². The summed E-state index contributed by atoms with van der Waals surface area (Å²) in [5, 5.41) is 18.6. The monoisotopic (exact) mass is 524 g/mol. The van der Waals surface area contributed by atoms with E-state index in [2.05, 4.69) is 33.1 Å². The number of aliphatic imine (C=N–C) groups is 1. The highest BCUT2D eigenvalue weighted by Crippen LogP contribution is 2.25. The summed E-state index contributed by atoms with van der Waals surface area (Å²) in [4.78, 5) is 16.7. The lowest BCUT2D eigenvalue weighted by molar-refractivity contribution is 0.0954. The van der Waals surface area contributed by atoms with E-state index in [0.717, 1.165) is 37.7 Å². The van der Waals surface area contributed by atoms with Crippen molar-refractivity contribution in [2.45, 2.75) is 19.8 Å². The number of aromatic hydroxyl groups is 1. The number of carbonyl (C=O) groups excluding carboxylic acids is 1. The van der Waals surface area contributed by atoms with Crippen molar-refractivity contribution in [3.63, 3.8) is 0 Å². The number of guanidine groups is 1. The third kappa shape index (κ3) is 7.08. The zero-order valence-corrected chi connectivity index (χ0v) is 19.4. The lowest BCUT2D eigenvalue weighted by Crippen LogP contribution is -2.41. The number of carbonyl (C=O) groups is 1. The van der Waals surface area contributed by atoms with Gasteiger partial charge in [-0.25, -0.2) is 0 Å². The number of phenolic OH excluding ortho intramolecular Hbond substituents is 1. The molecule has 4 N–H and O–H groups in total. The highest BCUT2D eigenvalue weighted by atomic mass is 127. The fourth-order valence-electron chi connectivity index (χ4n) is 3.11. The van der Waals surface area contributed by atoms with Gasteiger partial charge >= 0.3 is 0 Å². The topological polar surface area (TPSA) is 95.0 Å². The molecule has 0 aromatic heterocycles. The molecule has 0 saturated heterocycles. The number of hydrogen-bond donors (Lipinski definition) is 4. The van der Waals surface area contributed by atoms with Crippen LogP contribution < -0.4 is 20.7 Å².